The summed E-state index contributed by atoms with van der Waals surface area (Å²) in [6.45, 7) is -0.151. The third kappa shape index (κ3) is 4.64. The third-order valence-electron chi connectivity index (χ3n) is 4.20. The number of carbonyl (C=O) groups is 2. The number of para-hydroxylation sites is 2. The molecular formula is C20H19BrN4O3. The Kier molecular flexibility index (Phi) is 6.20. The first-order valence-electron chi connectivity index (χ1n) is 8.72. The molecular weight excluding hydrogens is 424 g/mol. The predicted molar refractivity (Wildman–Crippen MR) is 111 cm³/mol. The number of aromatic nitrogens is 2. The number of hydrogen-bond acceptors (Lipinski definition) is 4. The maximum atomic E-state index is 12.9. The number of carbonyl (C=O) groups excluding carboxylic acids is 2. The number of rotatable bonds is 6. The number of nitrogens with one attached hydrogen (secondary N) is 2. The van der Waals surface area contributed by atoms with Crippen LogP contribution < -0.4 is 16.2 Å². The van der Waals surface area contributed by atoms with Gasteiger partial charge in [-0.15, -0.1) is 0 Å². The molecule has 144 valence electrons. The van der Waals surface area contributed by atoms with Crippen molar-refractivity contribution in [3.05, 3.63) is 69.1 Å². The summed E-state index contributed by atoms with van der Waals surface area (Å²) < 4.78 is 2.24. The Labute approximate surface area is 169 Å². The van der Waals surface area contributed by atoms with Crippen LogP contribution in [-0.2, 0) is 22.6 Å². The second kappa shape index (κ2) is 8.79. The number of nitrogens with zero attached hydrogens (tertiary/aromatic N) is 2. The van der Waals surface area contributed by atoms with Gasteiger partial charge in [0.25, 0.3) is 5.56 Å². The molecule has 0 unspecified atom stereocenters. The summed E-state index contributed by atoms with van der Waals surface area (Å²) in [7, 11) is 1.54. The van der Waals surface area contributed by atoms with Gasteiger partial charge < -0.3 is 10.6 Å². The second-order valence-corrected chi connectivity index (χ2v) is 7.09. The maximum Gasteiger partial charge on any atom is 0.273 e. The van der Waals surface area contributed by atoms with Crippen LogP contribution in [0.1, 0.15) is 12.1 Å². The van der Waals surface area contributed by atoms with Crippen LogP contribution in [0.15, 0.2) is 57.8 Å². The first-order valence-corrected chi connectivity index (χ1v) is 9.51. The normalized spacial score (nSPS) is 10.6. The smallest absolute Gasteiger partial charge is 0.273 e. The van der Waals surface area contributed by atoms with Gasteiger partial charge in [-0.2, -0.15) is 0 Å². The van der Waals surface area contributed by atoms with Crippen molar-refractivity contribution in [2.24, 2.45) is 0 Å². The highest BCUT2D eigenvalue weighted by Crippen LogP contribution is 2.16. The fraction of sp³-hybridized carbons (Fsp3) is 0.200. The fourth-order valence-electron chi connectivity index (χ4n) is 2.83. The monoisotopic (exact) mass is 442 g/mol. The Balaban J connectivity index is 1.92. The predicted octanol–water partition coefficient (Wildman–Crippen LogP) is 2.48. The lowest BCUT2D eigenvalue weighted by atomic mass is 10.2. The van der Waals surface area contributed by atoms with E-state index in [0.717, 1.165) is 4.47 Å². The lowest BCUT2D eigenvalue weighted by Crippen LogP contribution is -2.31. The van der Waals surface area contributed by atoms with Gasteiger partial charge in [0, 0.05) is 30.0 Å². The molecule has 2 N–H and O–H groups in total. The lowest BCUT2D eigenvalue weighted by molar-refractivity contribution is -0.120. The molecule has 1 aromatic heterocycles. The molecule has 0 bridgehead atoms. The van der Waals surface area contributed by atoms with E-state index in [-0.39, 0.29) is 42.5 Å². The van der Waals surface area contributed by atoms with E-state index in [1.807, 2.05) is 18.2 Å². The van der Waals surface area contributed by atoms with Crippen LogP contribution in [0, 0.1) is 0 Å². The lowest BCUT2D eigenvalue weighted by Gasteiger charge is -2.12. The summed E-state index contributed by atoms with van der Waals surface area (Å²) >= 11 is 3.36. The van der Waals surface area contributed by atoms with Crippen LogP contribution in [0.4, 0.5) is 5.69 Å². The van der Waals surface area contributed by atoms with Crippen LogP contribution >= 0.6 is 15.9 Å². The minimum absolute atomic E-state index is 0.151. The molecule has 0 saturated carbocycles. The largest absolute Gasteiger partial charge is 0.359 e. The van der Waals surface area contributed by atoms with Crippen molar-refractivity contribution in [1.29, 1.82) is 0 Å². The number of amides is 2. The number of aryl methyl sites for hydroxylation is 1. The quantitative estimate of drug-likeness (QED) is 0.612. The van der Waals surface area contributed by atoms with E-state index in [1.165, 1.54) is 4.57 Å². The van der Waals surface area contributed by atoms with Gasteiger partial charge in [0.1, 0.15) is 12.2 Å². The van der Waals surface area contributed by atoms with Gasteiger partial charge in [-0.25, -0.2) is 4.98 Å². The van der Waals surface area contributed by atoms with Crippen molar-refractivity contribution in [1.82, 2.24) is 14.9 Å². The molecule has 0 fully saturated rings. The standard InChI is InChI=1S/C20H19BrN4O3/c1-22-18(26)10-9-16-20(28)25(17-8-3-2-7-15(17)24-16)12-19(27)23-14-6-4-5-13(21)11-14/h2-8,11H,9-10,12H2,1H3,(H,22,26)(H,23,27). The van der Waals surface area contributed by atoms with Gasteiger partial charge in [-0.1, -0.05) is 34.1 Å². The van der Waals surface area contributed by atoms with Gasteiger partial charge in [0.15, 0.2) is 0 Å². The molecule has 2 aromatic carbocycles. The average Bonchev–Trinajstić information content (AvgIpc) is 2.68. The van der Waals surface area contributed by atoms with Gasteiger partial charge in [0.05, 0.1) is 11.0 Å². The summed E-state index contributed by atoms with van der Waals surface area (Å²) in [5.74, 6) is -0.498. The third-order valence-corrected chi connectivity index (χ3v) is 4.69. The summed E-state index contributed by atoms with van der Waals surface area (Å²) in [5.41, 5.74) is 1.69. The average molecular weight is 443 g/mol. The molecule has 3 rings (SSSR count). The Morgan fingerprint density at radius 2 is 1.89 bits per heavy atom. The summed E-state index contributed by atoms with van der Waals surface area (Å²) in [6.07, 6.45) is 0.359. The molecule has 0 radical (unpaired) electrons. The first-order chi connectivity index (χ1) is 13.5. The highest BCUT2D eigenvalue weighted by Gasteiger charge is 2.15. The van der Waals surface area contributed by atoms with Crippen LogP contribution in [-0.4, -0.2) is 28.4 Å². The zero-order chi connectivity index (χ0) is 20.1. The Bertz CT molecular complexity index is 1090. The number of fused-ring (bicyclic) bond motifs is 1. The van der Waals surface area contributed by atoms with E-state index in [0.29, 0.717) is 16.7 Å². The van der Waals surface area contributed by atoms with Crippen molar-refractivity contribution < 1.29 is 9.59 Å². The fourth-order valence-corrected chi connectivity index (χ4v) is 3.23. The SMILES string of the molecule is CNC(=O)CCc1nc2ccccc2n(CC(=O)Nc2cccc(Br)c2)c1=O. The molecule has 28 heavy (non-hydrogen) atoms. The second-order valence-electron chi connectivity index (χ2n) is 6.17. The maximum absolute atomic E-state index is 12.9. The van der Waals surface area contributed by atoms with E-state index in [4.69, 9.17) is 0 Å². The zero-order valence-electron chi connectivity index (χ0n) is 15.2. The summed E-state index contributed by atoms with van der Waals surface area (Å²) in [4.78, 5) is 41.4. The van der Waals surface area contributed by atoms with E-state index in [2.05, 4.69) is 31.5 Å². The molecule has 3 aromatic rings. The van der Waals surface area contributed by atoms with Gasteiger partial charge in [0.2, 0.25) is 11.8 Å². The van der Waals surface area contributed by atoms with Crippen LogP contribution in [0.2, 0.25) is 0 Å². The van der Waals surface area contributed by atoms with Crippen molar-refractivity contribution >= 4 is 44.5 Å². The molecule has 0 aliphatic rings. The van der Waals surface area contributed by atoms with Gasteiger partial charge in [-0.05, 0) is 30.3 Å². The molecule has 0 aliphatic carbocycles. The molecule has 8 heteroatoms. The van der Waals surface area contributed by atoms with Gasteiger partial charge >= 0.3 is 0 Å². The molecule has 0 aliphatic heterocycles. The number of halogens is 1. The van der Waals surface area contributed by atoms with Crippen molar-refractivity contribution in [2.75, 3.05) is 12.4 Å². The minimum atomic E-state index is -0.369. The Morgan fingerprint density at radius 3 is 2.64 bits per heavy atom. The van der Waals surface area contributed by atoms with E-state index in [1.54, 1.807) is 37.4 Å². The molecule has 2 amide bonds. The minimum Gasteiger partial charge on any atom is -0.359 e. The number of hydrogen-bond donors (Lipinski definition) is 2. The molecule has 0 atom stereocenters. The van der Waals surface area contributed by atoms with Crippen LogP contribution in [0.3, 0.4) is 0 Å². The van der Waals surface area contributed by atoms with Crippen molar-refractivity contribution in [3.63, 3.8) is 0 Å². The Hall–Kier alpha value is -3.00. The van der Waals surface area contributed by atoms with Crippen LogP contribution in [0.5, 0.6) is 0 Å². The number of anilines is 1. The highest BCUT2D eigenvalue weighted by atomic mass is 79.9. The van der Waals surface area contributed by atoms with Crippen molar-refractivity contribution in [2.45, 2.75) is 19.4 Å². The summed E-state index contributed by atoms with van der Waals surface area (Å²) in [5, 5.41) is 5.32. The Morgan fingerprint density at radius 1 is 1.11 bits per heavy atom. The molecule has 7 nitrogen and oxygen atoms in total. The van der Waals surface area contributed by atoms with E-state index < -0.39 is 0 Å². The topological polar surface area (TPSA) is 93.1 Å². The highest BCUT2D eigenvalue weighted by molar-refractivity contribution is 9.10. The summed E-state index contributed by atoms with van der Waals surface area (Å²) in [6, 6.07) is 14.3. The first kappa shape index (κ1) is 19.8. The van der Waals surface area contributed by atoms with Crippen LogP contribution in [0.25, 0.3) is 11.0 Å². The molecule has 0 saturated heterocycles. The zero-order valence-corrected chi connectivity index (χ0v) is 16.8. The van der Waals surface area contributed by atoms with E-state index >= 15 is 0 Å². The number of benzene rings is 2. The van der Waals surface area contributed by atoms with Gasteiger partial charge in [-0.3, -0.25) is 19.0 Å². The van der Waals surface area contributed by atoms with Crippen molar-refractivity contribution in [3.8, 4) is 0 Å². The molecule has 0 spiro atoms. The molecule has 1 heterocycles. The van der Waals surface area contributed by atoms with E-state index in [9.17, 15) is 14.4 Å².